The van der Waals surface area contributed by atoms with Gasteiger partial charge in [-0.05, 0) is 18.8 Å². The number of hydrogen-bond acceptors (Lipinski definition) is 3. The van der Waals surface area contributed by atoms with Crippen LogP contribution in [0.3, 0.4) is 0 Å². The van der Waals surface area contributed by atoms with Crippen molar-refractivity contribution in [1.82, 2.24) is 9.78 Å². The van der Waals surface area contributed by atoms with Crippen LogP contribution in [0.5, 0.6) is 0 Å². The second-order valence-electron chi connectivity index (χ2n) is 5.25. The number of nitrogens with one attached hydrogen (secondary N) is 1. The zero-order chi connectivity index (χ0) is 13.8. The van der Waals surface area contributed by atoms with Gasteiger partial charge in [-0.3, -0.25) is 14.3 Å². The van der Waals surface area contributed by atoms with Crippen molar-refractivity contribution in [1.29, 1.82) is 0 Å². The van der Waals surface area contributed by atoms with Gasteiger partial charge in [-0.2, -0.15) is 5.10 Å². The van der Waals surface area contributed by atoms with Crippen molar-refractivity contribution in [2.24, 2.45) is 11.8 Å². The summed E-state index contributed by atoms with van der Waals surface area (Å²) < 4.78 is 1.29. The van der Waals surface area contributed by atoms with Gasteiger partial charge in [-0.1, -0.05) is 19.8 Å². The zero-order valence-electron chi connectivity index (χ0n) is 11.0. The standard InChI is InChI=1S/C13H19N3O3/c1-9-3-2-4-10(7-9)13(19)14-11-5-6-16(15-11)8-12(17)18/h5-6,9-10H,2-4,7-8H2,1H3,(H,17,18)(H,14,15,19)/t9-,10-/m0/s1. The van der Waals surface area contributed by atoms with Crippen molar-refractivity contribution in [3.05, 3.63) is 12.3 Å². The Kier molecular flexibility index (Phi) is 4.19. The molecule has 1 fully saturated rings. The first kappa shape index (κ1) is 13.6. The van der Waals surface area contributed by atoms with Crippen molar-refractivity contribution in [2.75, 3.05) is 5.32 Å². The molecule has 2 rings (SSSR count). The number of carboxylic acid groups (broad SMARTS) is 1. The van der Waals surface area contributed by atoms with Crippen LogP contribution in [0, 0.1) is 11.8 Å². The molecule has 6 nitrogen and oxygen atoms in total. The second kappa shape index (κ2) is 5.86. The minimum Gasteiger partial charge on any atom is -0.480 e. The Hall–Kier alpha value is -1.85. The molecule has 0 aromatic carbocycles. The number of hydrogen-bond donors (Lipinski definition) is 2. The summed E-state index contributed by atoms with van der Waals surface area (Å²) in [5.41, 5.74) is 0. The minimum absolute atomic E-state index is 0.00729. The fourth-order valence-electron chi connectivity index (χ4n) is 2.56. The highest BCUT2D eigenvalue weighted by Gasteiger charge is 2.25. The summed E-state index contributed by atoms with van der Waals surface area (Å²) in [7, 11) is 0. The predicted molar refractivity (Wildman–Crippen MR) is 69.6 cm³/mol. The Balaban J connectivity index is 1.91. The van der Waals surface area contributed by atoms with Crippen LogP contribution >= 0.6 is 0 Å². The first-order valence-corrected chi connectivity index (χ1v) is 6.60. The largest absolute Gasteiger partial charge is 0.480 e. The fourth-order valence-corrected chi connectivity index (χ4v) is 2.56. The molecule has 2 N–H and O–H groups in total. The van der Waals surface area contributed by atoms with E-state index in [2.05, 4.69) is 17.3 Å². The molecule has 0 aliphatic heterocycles. The third kappa shape index (κ3) is 3.81. The number of rotatable bonds is 4. The van der Waals surface area contributed by atoms with E-state index in [-0.39, 0.29) is 18.4 Å². The molecule has 1 aromatic rings. The molecule has 0 radical (unpaired) electrons. The van der Waals surface area contributed by atoms with E-state index < -0.39 is 5.97 Å². The van der Waals surface area contributed by atoms with Crippen LogP contribution in [0.4, 0.5) is 5.82 Å². The Morgan fingerprint density at radius 3 is 3.00 bits per heavy atom. The third-order valence-corrected chi connectivity index (χ3v) is 3.50. The van der Waals surface area contributed by atoms with Gasteiger partial charge in [-0.25, -0.2) is 0 Å². The number of carbonyl (C=O) groups excluding carboxylic acids is 1. The molecule has 1 heterocycles. The lowest BCUT2D eigenvalue weighted by molar-refractivity contribution is -0.137. The maximum atomic E-state index is 12.1. The monoisotopic (exact) mass is 265 g/mol. The molecule has 0 unspecified atom stereocenters. The van der Waals surface area contributed by atoms with Crippen LogP contribution in [-0.4, -0.2) is 26.8 Å². The number of aromatic nitrogens is 2. The van der Waals surface area contributed by atoms with Gasteiger partial charge < -0.3 is 10.4 Å². The molecule has 0 bridgehead atoms. The normalized spacial score (nSPS) is 23.0. The summed E-state index contributed by atoms with van der Waals surface area (Å²) in [4.78, 5) is 22.6. The third-order valence-electron chi connectivity index (χ3n) is 3.50. The summed E-state index contributed by atoms with van der Waals surface area (Å²) in [6, 6.07) is 1.62. The van der Waals surface area contributed by atoms with Gasteiger partial charge in [0.05, 0.1) is 0 Å². The summed E-state index contributed by atoms with van der Waals surface area (Å²) in [5.74, 6) is 0.0983. The van der Waals surface area contributed by atoms with Crippen molar-refractivity contribution in [3.8, 4) is 0 Å². The molecule has 1 aliphatic rings. The van der Waals surface area contributed by atoms with Crippen LogP contribution in [0.25, 0.3) is 0 Å². The lowest BCUT2D eigenvalue weighted by Gasteiger charge is -2.25. The van der Waals surface area contributed by atoms with Gasteiger partial charge in [0.2, 0.25) is 5.91 Å². The highest BCUT2D eigenvalue weighted by atomic mass is 16.4. The molecule has 1 aliphatic carbocycles. The highest BCUT2D eigenvalue weighted by Crippen LogP contribution is 2.29. The first-order valence-electron chi connectivity index (χ1n) is 6.60. The van der Waals surface area contributed by atoms with Crippen LogP contribution in [-0.2, 0) is 16.1 Å². The van der Waals surface area contributed by atoms with E-state index in [1.807, 2.05) is 0 Å². The summed E-state index contributed by atoms with van der Waals surface area (Å²) in [6.07, 6.45) is 5.67. The SMILES string of the molecule is C[C@H]1CCC[C@H](C(=O)Nc2ccn(CC(=O)O)n2)C1. The van der Waals surface area contributed by atoms with Crippen molar-refractivity contribution in [3.63, 3.8) is 0 Å². The topological polar surface area (TPSA) is 84.2 Å². The van der Waals surface area contributed by atoms with Gasteiger partial charge in [0.25, 0.3) is 0 Å². The quantitative estimate of drug-likeness (QED) is 0.868. The molecule has 1 saturated carbocycles. The maximum Gasteiger partial charge on any atom is 0.325 e. The van der Waals surface area contributed by atoms with Gasteiger partial charge in [0, 0.05) is 18.2 Å². The Morgan fingerprint density at radius 2 is 2.32 bits per heavy atom. The summed E-state index contributed by atoms with van der Waals surface area (Å²) in [6.45, 7) is 1.97. The Labute approximate surface area is 111 Å². The molecule has 1 aromatic heterocycles. The molecular weight excluding hydrogens is 246 g/mol. The second-order valence-corrected chi connectivity index (χ2v) is 5.25. The number of aliphatic carboxylic acids is 1. The van der Waals surface area contributed by atoms with E-state index in [1.165, 1.54) is 11.1 Å². The minimum atomic E-state index is -0.956. The average molecular weight is 265 g/mol. The van der Waals surface area contributed by atoms with E-state index in [4.69, 9.17) is 5.11 Å². The number of nitrogens with zero attached hydrogens (tertiary/aromatic N) is 2. The van der Waals surface area contributed by atoms with E-state index >= 15 is 0 Å². The Bertz CT molecular complexity index is 469. The molecule has 1 amide bonds. The average Bonchev–Trinajstić information content (AvgIpc) is 2.75. The van der Waals surface area contributed by atoms with Crippen LogP contribution < -0.4 is 5.32 Å². The highest BCUT2D eigenvalue weighted by molar-refractivity contribution is 5.91. The lowest BCUT2D eigenvalue weighted by atomic mass is 9.82. The van der Waals surface area contributed by atoms with E-state index in [9.17, 15) is 9.59 Å². The van der Waals surface area contributed by atoms with Crippen molar-refractivity contribution >= 4 is 17.7 Å². The summed E-state index contributed by atoms with van der Waals surface area (Å²) in [5, 5.41) is 15.4. The molecule has 6 heteroatoms. The van der Waals surface area contributed by atoms with Crippen molar-refractivity contribution < 1.29 is 14.7 Å². The first-order chi connectivity index (χ1) is 9.04. The van der Waals surface area contributed by atoms with E-state index in [0.717, 1.165) is 19.3 Å². The van der Waals surface area contributed by atoms with E-state index in [1.54, 1.807) is 12.3 Å². The van der Waals surface area contributed by atoms with Crippen LogP contribution in [0.2, 0.25) is 0 Å². The van der Waals surface area contributed by atoms with Crippen LogP contribution in [0.15, 0.2) is 12.3 Å². The zero-order valence-corrected chi connectivity index (χ0v) is 11.0. The summed E-state index contributed by atoms with van der Waals surface area (Å²) >= 11 is 0. The number of anilines is 1. The lowest BCUT2D eigenvalue weighted by Crippen LogP contribution is -2.27. The van der Waals surface area contributed by atoms with Gasteiger partial charge >= 0.3 is 5.97 Å². The fraction of sp³-hybridized carbons (Fsp3) is 0.615. The maximum absolute atomic E-state index is 12.1. The van der Waals surface area contributed by atoms with Crippen molar-refractivity contribution in [2.45, 2.75) is 39.2 Å². The van der Waals surface area contributed by atoms with E-state index in [0.29, 0.717) is 11.7 Å². The molecule has 104 valence electrons. The van der Waals surface area contributed by atoms with Gasteiger partial charge in [0.1, 0.15) is 6.54 Å². The Morgan fingerprint density at radius 1 is 1.53 bits per heavy atom. The van der Waals surface area contributed by atoms with Gasteiger partial charge in [0.15, 0.2) is 5.82 Å². The molecular formula is C13H19N3O3. The number of carbonyl (C=O) groups is 2. The molecule has 0 saturated heterocycles. The molecule has 0 spiro atoms. The molecule has 2 atom stereocenters. The number of carboxylic acids is 1. The molecule has 19 heavy (non-hydrogen) atoms. The number of amides is 1. The van der Waals surface area contributed by atoms with Crippen LogP contribution in [0.1, 0.15) is 32.6 Å². The smallest absolute Gasteiger partial charge is 0.325 e. The van der Waals surface area contributed by atoms with Gasteiger partial charge in [-0.15, -0.1) is 0 Å². The predicted octanol–water partition coefficient (Wildman–Crippen LogP) is 1.73.